The molecule has 0 spiro atoms. The number of halogens is 1. The fraction of sp³-hybridized carbons (Fsp3) is 0.471. The fourth-order valence-electron chi connectivity index (χ4n) is 2.83. The van der Waals surface area contributed by atoms with E-state index in [0.717, 1.165) is 36.7 Å². The molecule has 5 heteroatoms. The summed E-state index contributed by atoms with van der Waals surface area (Å²) >= 11 is 6.05. The van der Waals surface area contributed by atoms with Crippen LogP contribution in [0.3, 0.4) is 0 Å². The Balaban J connectivity index is 1.80. The highest BCUT2D eigenvalue weighted by atomic mass is 35.5. The molecule has 1 aliphatic rings. The van der Waals surface area contributed by atoms with Crippen LogP contribution in [0.5, 0.6) is 0 Å². The predicted octanol–water partition coefficient (Wildman–Crippen LogP) is 3.49. The SMILES string of the molecule is Cc1oc(-c2cccc(Cl)c2)nc1CN1C[C@@H](C)NC[C@@H]1C. The van der Waals surface area contributed by atoms with Crippen LogP contribution in [0.4, 0.5) is 0 Å². The van der Waals surface area contributed by atoms with E-state index in [2.05, 4.69) is 29.0 Å². The van der Waals surface area contributed by atoms with Gasteiger partial charge in [-0.3, -0.25) is 4.90 Å². The summed E-state index contributed by atoms with van der Waals surface area (Å²) in [6, 6.07) is 8.63. The molecule has 2 heterocycles. The molecule has 0 radical (unpaired) electrons. The van der Waals surface area contributed by atoms with Crippen LogP contribution >= 0.6 is 11.6 Å². The first kappa shape index (κ1) is 15.5. The van der Waals surface area contributed by atoms with Crippen LogP contribution in [0.2, 0.25) is 5.02 Å². The molecule has 0 aliphatic carbocycles. The Morgan fingerprint density at radius 3 is 3.00 bits per heavy atom. The molecule has 4 nitrogen and oxygen atoms in total. The van der Waals surface area contributed by atoms with E-state index in [1.807, 2.05) is 31.2 Å². The van der Waals surface area contributed by atoms with Crippen molar-refractivity contribution in [3.63, 3.8) is 0 Å². The lowest BCUT2D eigenvalue weighted by atomic mass is 10.1. The van der Waals surface area contributed by atoms with Crippen LogP contribution in [0.25, 0.3) is 11.5 Å². The summed E-state index contributed by atoms with van der Waals surface area (Å²) in [5, 5.41) is 4.19. The molecule has 1 fully saturated rings. The van der Waals surface area contributed by atoms with Gasteiger partial charge in [0.2, 0.25) is 5.89 Å². The van der Waals surface area contributed by atoms with Gasteiger partial charge in [0, 0.05) is 42.3 Å². The first-order valence-electron chi connectivity index (χ1n) is 7.72. The first-order chi connectivity index (χ1) is 10.5. The number of aryl methyl sites for hydroxylation is 1. The van der Waals surface area contributed by atoms with E-state index in [1.165, 1.54) is 0 Å². The van der Waals surface area contributed by atoms with Crippen LogP contribution in [-0.4, -0.2) is 35.1 Å². The van der Waals surface area contributed by atoms with Gasteiger partial charge in [-0.15, -0.1) is 0 Å². The molecule has 2 atom stereocenters. The van der Waals surface area contributed by atoms with Gasteiger partial charge in [-0.2, -0.15) is 0 Å². The number of nitrogens with zero attached hydrogens (tertiary/aromatic N) is 2. The summed E-state index contributed by atoms with van der Waals surface area (Å²) < 4.78 is 5.85. The minimum atomic E-state index is 0.502. The standard InChI is InChI=1S/C17H22ClN3O/c1-11-9-21(12(2)8-19-11)10-16-13(3)22-17(20-16)14-5-4-6-15(18)7-14/h4-7,11-12,19H,8-10H2,1-3H3/t11-,12+/m1/s1. The lowest BCUT2D eigenvalue weighted by molar-refractivity contribution is 0.137. The molecule has 0 bridgehead atoms. The number of rotatable bonds is 3. The molecule has 1 aromatic heterocycles. The molecule has 2 aromatic rings. The van der Waals surface area contributed by atoms with E-state index >= 15 is 0 Å². The Bertz CT molecular complexity index is 655. The predicted molar refractivity (Wildman–Crippen MR) is 89.0 cm³/mol. The van der Waals surface area contributed by atoms with E-state index in [1.54, 1.807) is 0 Å². The number of hydrogen-bond acceptors (Lipinski definition) is 4. The van der Waals surface area contributed by atoms with Crippen LogP contribution in [-0.2, 0) is 6.54 Å². The third-order valence-electron chi connectivity index (χ3n) is 4.21. The highest BCUT2D eigenvalue weighted by molar-refractivity contribution is 6.30. The highest BCUT2D eigenvalue weighted by Crippen LogP contribution is 2.25. The Hall–Kier alpha value is -1.36. The average molecular weight is 320 g/mol. The van der Waals surface area contributed by atoms with Gasteiger partial charge in [0.25, 0.3) is 0 Å². The topological polar surface area (TPSA) is 41.3 Å². The molecule has 22 heavy (non-hydrogen) atoms. The van der Waals surface area contributed by atoms with Crippen molar-refractivity contribution in [1.82, 2.24) is 15.2 Å². The van der Waals surface area contributed by atoms with Crippen molar-refractivity contribution in [2.75, 3.05) is 13.1 Å². The minimum Gasteiger partial charge on any atom is -0.441 e. The van der Waals surface area contributed by atoms with Crippen molar-refractivity contribution < 1.29 is 4.42 Å². The summed E-state index contributed by atoms with van der Waals surface area (Å²) in [6.45, 7) is 9.30. The summed E-state index contributed by atoms with van der Waals surface area (Å²) in [4.78, 5) is 7.14. The number of aromatic nitrogens is 1. The van der Waals surface area contributed by atoms with Gasteiger partial charge < -0.3 is 9.73 Å². The van der Waals surface area contributed by atoms with Gasteiger partial charge in [-0.1, -0.05) is 17.7 Å². The fourth-order valence-corrected chi connectivity index (χ4v) is 3.02. The van der Waals surface area contributed by atoms with Gasteiger partial charge in [0.1, 0.15) is 5.76 Å². The van der Waals surface area contributed by atoms with Crippen LogP contribution < -0.4 is 5.32 Å². The molecule has 0 amide bonds. The zero-order valence-electron chi connectivity index (χ0n) is 13.3. The minimum absolute atomic E-state index is 0.502. The second kappa shape index (κ2) is 6.41. The molecule has 1 N–H and O–H groups in total. The van der Waals surface area contributed by atoms with Crippen molar-refractivity contribution in [3.8, 4) is 11.5 Å². The molecular formula is C17H22ClN3O. The van der Waals surface area contributed by atoms with Crippen molar-refractivity contribution in [2.24, 2.45) is 0 Å². The van der Waals surface area contributed by atoms with E-state index < -0.39 is 0 Å². The maximum Gasteiger partial charge on any atom is 0.226 e. The van der Waals surface area contributed by atoms with Gasteiger partial charge in [0.15, 0.2) is 0 Å². The van der Waals surface area contributed by atoms with Crippen molar-refractivity contribution >= 4 is 11.6 Å². The van der Waals surface area contributed by atoms with E-state index in [4.69, 9.17) is 16.0 Å². The Morgan fingerprint density at radius 2 is 2.23 bits per heavy atom. The first-order valence-corrected chi connectivity index (χ1v) is 8.10. The number of hydrogen-bond donors (Lipinski definition) is 1. The smallest absolute Gasteiger partial charge is 0.226 e. The maximum atomic E-state index is 6.05. The van der Waals surface area contributed by atoms with Crippen LogP contribution in [0.15, 0.2) is 28.7 Å². The van der Waals surface area contributed by atoms with Gasteiger partial charge in [0.05, 0.1) is 5.69 Å². The number of piperazine rings is 1. The monoisotopic (exact) mass is 319 g/mol. The Labute approximate surface area is 136 Å². The van der Waals surface area contributed by atoms with Crippen LogP contribution in [0, 0.1) is 6.92 Å². The van der Waals surface area contributed by atoms with Crippen molar-refractivity contribution in [1.29, 1.82) is 0 Å². The van der Waals surface area contributed by atoms with E-state index in [9.17, 15) is 0 Å². The normalized spacial score (nSPS) is 22.9. The lowest BCUT2D eigenvalue weighted by Gasteiger charge is -2.37. The maximum absolute atomic E-state index is 6.05. The summed E-state index contributed by atoms with van der Waals surface area (Å²) in [6.07, 6.45) is 0. The second-order valence-electron chi connectivity index (χ2n) is 6.12. The quantitative estimate of drug-likeness (QED) is 0.940. The summed E-state index contributed by atoms with van der Waals surface area (Å²) in [5.41, 5.74) is 1.93. The van der Waals surface area contributed by atoms with E-state index in [0.29, 0.717) is 23.0 Å². The molecule has 1 aromatic carbocycles. The summed E-state index contributed by atoms with van der Waals surface area (Å²) in [7, 11) is 0. The zero-order valence-corrected chi connectivity index (χ0v) is 14.0. The van der Waals surface area contributed by atoms with Crippen LogP contribution in [0.1, 0.15) is 25.3 Å². The number of benzene rings is 1. The van der Waals surface area contributed by atoms with Gasteiger partial charge >= 0.3 is 0 Å². The third-order valence-corrected chi connectivity index (χ3v) is 4.45. The highest BCUT2D eigenvalue weighted by Gasteiger charge is 2.24. The molecular weight excluding hydrogens is 298 g/mol. The molecule has 0 saturated carbocycles. The third kappa shape index (κ3) is 3.35. The van der Waals surface area contributed by atoms with E-state index in [-0.39, 0.29) is 0 Å². The van der Waals surface area contributed by atoms with Gasteiger partial charge in [-0.25, -0.2) is 4.98 Å². The molecule has 3 rings (SSSR count). The molecule has 1 aliphatic heterocycles. The average Bonchev–Trinajstić information content (AvgIpc) is 2.84. The molecule has 0 unspecified atom stereocenters. The van der Waals surface area contributed by atoms with Crippen molar-refractivity contribution in [3.05, 3.63) is 40.7 Å². The largest absolute Gasteiger partial charge is 0.441 e. The molecule has 118 valence electrons. The number of nitrogens with one attached hydrogen (secondary N) is 1. The second-order valence-corrected chi connectivity index (χ2v) is 6.56. The number of oxazole rings is 1. The molecule has 1 saturated heterocycles. The summed E-state index contributed by atoms with van der Waals surface area (Å²) in [5.74, 6) is 1.53. The Morgan fingerprint density at radius 1 is 1.41 bits per heavy atom. The Kier molecular flexibility index (Phi) is 4.52. The zero-order chi connectivity index (χ0) is 15.7. The van der Waals surface area contributed by atoms with Crippen molar-refractivity contribution in [2.45, 2.75) is 39.4 Å². The van der Waals surface area contributed by atoms with Gasteiger partial charge in [-0.05, 0) is 39.0 Å². The lowest BCUT2D eigenvalue weighted by Crippen LogP contribution is -2.53.